The molecule has 140 valence electrons. The van der Waals surface area contributed by atoms with Gasteiger partial charge in [0.1, 0.15) is 0 Å². The lowest BCUT2D eigenvalue weighted by Gasteiger charge is -2.47. The smallest absolute Gasteiger partial charge is 0.0129 e. The molecular formula is C26H36. The number of allylic oxidation sites excluding steroid dienone is 8. The molecule has 2 saturated carbocycles. The Balaban J connectivity index is 1.78. The highest BCUT2D eigenvalue weighted by atomic mass is 14.5. The molecule has 0 radical (unpaired) electrons. The van der Waals surface area contributed by atoms with E-state index in [1.54, 1.807) is 11.1 Å². The van der Waals surface area contributed by atoms with E-state index < -0.39 is 0 Å². The van der Waals surface area contributed by atoms with Crippen LogP contribution in [0.1, 0.15) is 79.1 Å². The van der Waals surface area contributed by atoms with Gasteiger partial charge in [0.05, 0.1) is 0 Å². The number of rotatable bonds is 2. The van der Waals surface area contributed by atoms with E-state index in [0.717, 1.165) is 35.5 Å². The van der Waals surface area contributed by atoms with Crippen LogP contribution in [-0.2, 0) is 0 Å². The first-order chi connectivity index (χ1) is 12.5. The van der Waals surface area contributed by atoms with Gasteiger partial charge in [0.15, 0.2) is 0 Å². The van der Waals surface area contributed by atoms with Gasteiger partial charge < -0.3 is 0 Å². The summed E-state index contributed by atoms with van der Waals surface area (Å²) >= 11 is 0. The van der Waals surface area contributed by atoms with Crippen molar-refractivity contribution in [1.82, 2.24) is 0 Å². The summed E-state index contributed by atoms with van der Waals surface area (Å²) < 4.78 is 0. The third-order valence-corrected chi connectivity index (χ3v) is 8.29. The zero-order chi connectivity index (χ0) is 18.0. The molecule has 4 rings (SSSR count). The van der Waals surface area contributed by atoms with Crippen molar-refractivity contribution in [1.29, 1.82) is 0 Å². The van der Waals surface area contributed by atoms with Gasteiger partial charge in [0.25, 0.3) is 0 Å². The van der Waals surface area contributed by atoms with Crippen LogP contribution in [0.5, 0.6) is 0 Å². The van der Waals surface area contributed by atoms with Gasteiger partial charge in [-0.1, -0.05) is 51.0 Å². The molecule has 2 fully saturated rings. The van der Waals surface area contributed by atoms with Gasteiger partial charge in [0, 0.05) is 0 Å². The van der Waals surface area contributed by atoms with E-state index in [1.165, 1.54) is 51.4 Å². The summed E-state index contributed by atoms with van der Waals surface area (Å²) in [4.78, 5) is 0. The molecular weight excluding hydrogens is 312 g/mol. The highest BCUT2D eigenvalue weighted by Crippen LogP contribution is 2.55. The zero-order valence-corrected chi connectivity index (χ0v) is 17.3. The molecule has 0 bridgehead atoms. The minimum atomic E-state index is 0.721. The van der Waals surface area contributed by atoms with E-state index in [0.29, 0.717) is 0 Å². The molecule has 0 nitrogen and oxygen atoms in total. The normalized spacial score (nSPS) is 36.1. The second-order valence-corrected chi connectivity index (χ2v) is 10.3. The zero-order valence-electron chi connectivity index (χ0n) is 17.3. The van der Waals surface area contributed by atoms with Crippen LogP contribution in [-0.4, -0.2) is 0 Å². The lowest BCUT2D eigenvalue weighted by molar-refractivity contribution is 0.238. The highest BCUT2D eigenvalue weighted by molar-refractivity contribution is 5.51. The minimum Gasteiger partial charge on any atom is -0.0773 e. The first kappa shape index (κ1) is 17.1. The molecule has 0 unspecified atom stereocenters. The molecule has 0 aromatic carbocycles. The minimum absolute atomic E-state index is 0.721. The van der Waals surface area contributed by atoms with Crippen LogP contribution in [0.2, 0.25) is 0 Å². The molecule has 0 N–H and O–H groups in total. The average Bonchev–Trinajstić information content (AvgIpc) is 2.56. The molecule has 0 heterocycles. The Labute approximate surface area is 160 Å². The standard InChI is InChI=1S/C26H36/c1-15(2)25-21-9-5-17-13-18-6-10-22(25)24-12-8-20(18)14-19(17)7-11-23(21)26(24)16(3)4/h13-17,19,21,23H,5-12H2,1-4H3/t17-,19+,21+,23-. The molecule has 0 heteroatoms. The van der Waals surface area contributed by atoms with Crippen molar-refractivity contribution < 1.29 is 0 Å². The largest absolute Gasteiger partial charge is 0.0773 e. The maximum absolute atomic E-state index is 2.75. The summed E-state index contributed by atoms with van der Waals surface area (Å²) in [5.74, 6) is 4.78. The van der Waals surface area contributed by atoms with E-state index >= 15 is 0 Å². The maximum atomic E-state index is 2.75. The monoisotopic (exact) mass is 348 g/mol. The van der Waals surface area contributed by atoms with E-state index in [2.05, 4.69) is 39.8 Å². The predicted octanol–water partition coefficient (Wildman–Crippen LogP) is 7.40. The van der Waals surface area contributed by atoms with Crippen LogP contribution in [0.15, 0.2) is 45.6 Å². The second kappa shape index (κ2) is 6.25. The Hall–Kier alpha value is -1.04. The van der Waals surface area contributed by atoms with Gasteiger partial charge in [-0.25, -0.2) is 0 Å². The summed E-state index contributed by atoms with van der Waals surface area (Å²) in [6.45, 7) is 9.92. The third-order valence-electron chi connectivity index (χ3n) is 8.29. The fourth-order valence-electron chi connectivity index (χ4n) is 7.41. The molecule has 0 saturated heterocycles. The van der Waals surface area contributed by atoms with E-state index in [-0.39, 0.29) is 0 Å². The van der Waals surface area contributed by atoms with Crippen LogP contribution < -0.4 is 0 Å². The summed E-state index contributed by atoms with van der Waals surface area (Å²) in [7, 11) is 0. The molecule has 0 amide bonds. The first-order valence-electron chi connectivity index (χ1n) is 11.4. The Morgan fingerprint density at radius 2 is 1.04 bits per heavy atom. The van der Waals surface area contributed by atoms with Crippen LogP contribution in [0.25, 0.3) is 0 Å². The number of hydrogen-bond donors (Lipinski definition) is 0. The molecule has 0 aromatic rings. The van der Waals surface area contributed by atoms with E-state index in [9.17, 15) is 0 Å². The Morgan fingerprint density at radius 3 is 1.42 bits per heavy atom. The highest BCUT2D eigenvalue weighted by Gasteiger charge is 2.42. The summed E-state index contributed by atoms with van der Waals surface area (Å²) in [6, 6.07) is 0. The van der Waals surface area contributed by atoms with Crippen molar-refractivity contribution in [2.75, 3.05) is 0 Å². The van der Waals surface area contributed by atoms with Crippen LogP contribution in [0.4, 0.5) is 0 Å². The number of hydrogen-bond acceptors (Lipinski definition) is 0. The van der Waals surface area contributed by atoms with Gasteiger partial charge in [-0.05, 0) is 109 Å². The second-order valence-electron chi connectivity index (χ2n) is 10.3. The maximum Gasteiger partial charge on any atom is -0.0129 e. The number of fused-ring (bicyclic) bond motifs is 4. The van der Waals surface area contributed by atoms with Crippen molar-refractivity contribution in [3.05, 3.63) is 45.6 Å². The van der Waals surface area contributed by atoms with Crippen LogP contribution in [0.3, 0.4) is 0 Å². The SMILES string of the molecule is CC(C)C1=C2CCC3=C[C@H]4CC[C@H]1[C@H]1CC[C@H]4C=C3CCC2=C1C(C)C. The van der Waals surface area contributed by atoms with Gasteiger partial charge in [-0.15, -0.1) is 0 Å². The van der Waals surface area contributed by atoms with Crippen molar-refractivity contribution >= 4 is 0 Å². The average molecular weight is 349 g/mol. The van der Waals surface area contributed by atoms with Crippen molar-refractivity contribution in [3.63, 3.8) is 0 Å². The summed E-state index contributed by atoms with van der Waals surface area (Å²) in [5, 5.41) is 0. The molecule has 4 aliphatic carbocycles. The summed E-state index contributed by atoms with van der Waals surface area (Å²) in [5.41, 5.74) is 10.9. The van der Waals surface area contributed by atoms with E-state index in [1.807, 2.05) is 22.3 Å². The quantitative estimate of drug-likeness (QED) is 0.487. The molecule has 0 aromatic heterocycles. The summed E-state index contributed by atoms with van der Waals surface area (Å²) in [6.07, 6.45) is 16.4. The molecule has 4 atom stereocenters. The van der Waals surface area contributed by atoms with E-state index in [4.69, 9.17) is 0 Å². The molecule has 26 heavy (non-hydrogen) atoms. The Kier molecular flexibility index (Phi) is 4.11. The van der Waals surface area contributed by atoms with Crippen molar-refractivity contribution in [3.8, 4) is 0 Å². The predicted molar refractivity (Wildman–Crippen MR) is 111 cm³/mol. The van der Waals surface area contributed by atoms with Crippen molar-refractivity contribution in [2.24, 2.45) is 35.5 Å². The lowest BCUT2D eigenvalue weighted by Crippen LogP contribution is -2.35. The third kappa shape index (κ3) is 2.47. The fourth-order valence-corrected chi connectivity index (χ4v) is 7.41. The first-order valence-corrected chi connectivity index (χ1v) is 11.4. The van der Waals surface area contributed by atoms with Crippen LogP contribution in [0, 0.1) is 35.5 Å². The van der Waals surface area contributed by atoms with Gasteiger partial charge in [-0.3, -0.25) is 0 Å². The molecule has 0 aliphatic heterocycles. The molecule has 4 aliphatic rings. The van der Waals surface area contributed by atoms with Gasteiger partial charge in [-0.2, -0.15) is 0 Å². The van der Waals surface area contributed by atoms with Gasteiger partial charge >= 0.3 is 0 Å². The Bertz CT molecular complexity index is 672. The lowest BCUT2D eigenvalue weighted by atomic mass is 9.57. The van der Waals surface area contributed by atoms with Gasteiger partial charge in [0.2, 0.25) is 0 Å². The fraction of sp³-hybridized carbons (Fsp3) is 0.692. The van der Waals surface area contributed by atoms with Crippen molar-refractivity contribution in [2.45, 2.75) is 79.1 Å². The Morgan fingerprint density at radius 1 is 0.615 bits per heavy atom. The van der Waals surface area contributed by atoms with Crippen LogP contribution >= 0.6 is 0 Å². The topological polar surface area (TPSA) is 0 Å². The molecule has 0 spiro atoms.